The Hall–Kier alpha value is -3.35. The molecule has 2 rings (SSSR count). The van der Waals surface area contributed by atoms with Gasteiger partial charge in [0.1, 0.15) is 0 Å². The smallest absolute Gasteiger partial charge is 0.269 e. The van der Waals surface area contributed by atoms with Crippen molar-refractivity contribution in [2.75, 3.05) is 11.9 Å². The predicted molar refractivity (Wildman–Crippen MR) is 86.7 cm³/mol. The molecule has 0 fully saturated rings. The minimum atomic E-state index is -0.489. The summed E-state index contributed by atoms with van der Waals surface area (Å²) in [4.78, 5) is 21.9. The molecule has 7 heteroatoms. The Labute approximate surface area is 132 Å². The van der Waals surface area contributed by atoms with Crippen LogP contribution in [0.15, 0.2) is 77.0 Å². The standard InChI is InChI=1S/C16H14N4O3/c1-12(16(21)18-13-5-3-2-4-6-13)11-17-19-14-7-9-15(10-8-14)20(22)23/h2-10H,1,11H2,(H,18,21). The topological polar surface area (TPSA) is 97.0 Å². The molecule has 23 heavy (non-hydrogen) atoms. The number of azo groups is 1. The molecular formula is C16H14N4O3. The van der Waals surface area contributed by atoms with Gasteiger partial charge in [0.05, 0.1) is 17.2 Å². The second-order valence-corrected chi connectivity index (χ2v) is 4.60. The zero-order chi connectivity index (χ0) is 16.7. The first-order chi connectivity index (χ1) is 11.1. The number of carbonyl (C=O) groups excluding carboxylic acids is 1. The number of para-hydroxylation sites is 1. The van der Waals surface area contributed by atoms with Gasteiger partial charge >= 0.3 is 0 Å². The minimum Gasteiger partial charge on any atom is -0.322 e. The molecule has 0 unspecified atom stereocenters. The lowest BCUT2D eigenvalue weighted by atomic mass is 10.2. The Morgan fingerprint density at radius 3 is 2.39 bits per heavy atom. The summed E-state index contributed by atoms with van der Waals surface area (Å²) in [5, 5.41) is 21.0. The number of hydrogen-bond acceptors (Lipinski definition) is 5. The predicted octanol–water partition coefficient (Wildman–Crippen LogP) is 3.87. The van der Waals surface area contributed by atoms with E-state index in [9.17, 15) is 14.9 Å². The molecule has 2 aromatic rings. The van der Waals surface area contributed by atoms with Crippen LogP contribution in [0.25, 0.3) is 0 Å². The number of anilines is 1. The molecule has 7 nitrogen and oxygen atoms in total. The first-order valence-corrected chi connectivity index (χ1v) is 6.72. The van der Waals surface area contributed by atoms with Crippen molar-refractivity contribution in [1.82, 2.24) is 0 Å². The molecule has 0 bridgehead atoms. The highest BCUT2D eigenvalue weighted by molar-refractivity contribution is 6.03. The Morgan fingerprint density at radius 1 is 1.13 bits per heavy atom. The van der Waals surface area contributed by atoms with Crippen LogP contribution in [0, 0.1) is 10.1 Å². The van der Waals surface area contributed by atoms with Crippen molar-refractivity contribution in [3.05, 3.63) is 76.9 Å². The summed E-state index contributed by atoms with van der Waals surface area (Å²) in [5.41, 5.74) is 1.38. The second-order valence-electron chi connectivity index (χ2n) is 4.60. The molecule has 0 aliphatic carbocycles. The Balaban J connectivity index is 1.88. The fourth-order valence-electron chi connectivity index (χ4n) is 1.66. The molecule has 1 amide bonds. The van der Waals surface area contributed by atoms with E-state index in [0.29, 0.717) is 11.4 Å². The van der Waals surface area contributed by atoms with Gasteiger partial charge in [0, 0.05) is 23.4 Å². The zero-order valence-electron chi connectivity index (χ0n) is 12.2. The number of benzene rings is 2. The maximum absolute atomic E-state index is 11.9. The molecule has 0 aliphatic heterocycles. The minimum absolute atomic E-state index is 0.0180. The highest BCUT2D eigenvalue weighted by Gasteiger charge is 2.07. The first-order valence-electron chi connectivity index (χ1n) is 6.72. The molecule has 0 aromatic heterocycles. The van der Waals surface area contributed by atoms with Crippen molar-refractivity contribution in [3.8, 4) is 0 Å². The average molecular weight is 310 g/mol. The number of rotatable bonds is 6. The summed E-state index contributed by atoms with van der Waals surface area (Å²) in [6.07, 6.45) is 0. The molecule has 116 valence electrons. The van der Waals surface area contributed by atoms with E-state index < -0.39 is 4.92 Å². The molecule has 0 saturated carbocycles. The van der Waals surface area contributed by atoms with Gasteiger partial charge in [-0.1, -0.05) is 24.8 Å². The number of nitrogens with one attached hydrogen (secondary N) is 1. The molecule has 1 N–H and O–H groups in total. The Bertz CT molecular complexity index is 740. The number of carbonyl (C=O) groups is 1. The van der Waals surface area contributed by atoms with Crippen molar-refractivity contribution in [2.45, 2.75) is 0 Å². The third kappa shape index (κ3) is 4.85. The van der Waals surface area contributed by atoms with Crippen LogP contribution in [0.5, 0.6) is 0 Å². The number of non-ortho nitro benzene ring substituents is 1. The second kappa shape index (κ2) is 7.60. The van der Waals surface area contributed by atoms with Gasteiger partial charge in [-0.3, -0.25) is 14.9 Å². The normalized spacial score (nSPS) is 10.4. The van der Waals surface area contributed by atoms with Crippen LogP contribution in [0.1, 0.15) is 0 Å². The first kappa shape index (κ1) is 16.0. The Kier molecular flexibility index (Phi) is 5.30. The number of nitro groups is 1. The lowest BCUT2D eigenvalue weighted by Gasteiger charge is -2.04. The molecule has 0 spiro atoms. The van der Waals surface area contributed by atoms with Crippen LogP contribution in [0.2, 0.25) is 0 Å². The number of amides is 1. The van der Waals surface area contributed by atoms with E-state index in [0.717, 1.165) is 0 Å². The lowest BCUT2D eigenvalue weighted by Crippen LogP contribution is -2.15. The fourth-order valence-corrected chi connectivity index (χ4v) is 1.66. The van der Waals surface area contributed by atoms with Gasteiger partial charge < -0.3 is 5.32 Å². The Morgan fingerprint density at radius 2 is 1.78 bits per heavy atom. The summed E-state index contributed by atoms with van der Waals surface area (Å²) in [7, 11) is 0. The third-order valence-corrected chi connectivity index (χ3v) is 2.86. The van der Waals surface area contributed by atoms with Gasteiger partial charge in [0.2, 0.25) is 0 Å². The van der Waals surface area contributed by atoms with Gasteiger partial charge in [-0.2, -0.15) is 10.2 Å². The van der Waals surface area contributed by atoms with Gasteiger partial charge in [-0.25, -0.2) is 0 Å². The zero-order valence-corrected chi connectivity index (χ0v) is 12.2. The number of nitrogens with zero attached hydrogens (tertiary/aromatic N) is 3. The van der Waals surface area contributed by atoms with E-state index in [4.69, 9.17) is 0 Å². The summed E-state index contributed by atoms with van der Waals surface area (Å²) in [5.74, 6) is -0.334. The van der Waals surface area contributed by atoms with E-state index in [1.54, 1.807) is 12.1 Å². The highest BCUT2D eigenvalue weighted by Crippen LogP contribution is 2.18. The van der Waals surface area contributed by atoms with E-state index >= 15 is 0 Å². The lowest BCUT2D eigenvalue weighted by molar-refractivity contribution is -0.384. The van der Waals surface area contributed by atoms with Crippen LogP contribution in [-0.2, 0) is 4.79 Å². The molecule has 2 aromatic carbocycles. The van der Waals surface area contributed by atoms with Crippen molar-refractivity contribution in [3.63, 3.8) is 0 Å². The SMILES string of the molecule is C=C(CN=Nc1ccc([N+](=O)[O-])cc1)C(=O)Nc1ccccc1. The molecule has 0 saturated heterocycles. The van der Waals surface area contributed by atoms with Crippen LogP contribution < -0.4 is 5.32 Å². The van der Waals surface area contributed by atoms with E-state index in [-0.39, 0.29) is 23.7 Å². The summed E-state index contributed by atoms with van der Waals surface area (Å²) < 4.78 is 0. The van der Waals surface area contributed by atoms with Gasteiger partial charge in [0.15, 0.2) is 0 Å². The van der Waals surface area contributed by atoms with Crippen LogP contribution in [-0.4, -0.2) is 17.4 Å². The number of hydrogen-bond donors (Lipinski definition) is 1. The maximum Gasteiger partial charge on any atom is 0.269 e. The van der Waals surface area contributed by atoms with Gasteiger partial charge in [-0.15, -0.1) is 0 Å². The monoisotopic (exact) mass is 310 g/mol. The van der Waals surface area contributed by atoms with Gasteiger partial charge in [0.25, 0.3) is 11.6 Å². The van der Waals surface area contributed by atoms with E-state index in [1.165, 1.54) is 24.3 Å². The van der Waals surface area contributed by atoms with Crippen LogP contribution >= 0.6 is 0 Å². The summed E-state index contributed by atoms with van der Waals surface area (Å²) in [6, 6.07) is 14.6. The molecule has 0 radical (unpaired) electrons. The third-order valence-electron chi connectivity index (χ3n) is 2.86. The van der Waals surface area contributed by atoms with E-state index in [2.05, 4.69) is 22.1 Å². The summed E-state index contributed by atoms with van der Waals surface area (Å²) in [6.45, 7) is 3.70. The largest absolute Gasteiger partial charge is 0.322 e. The molecule has 0 aliphatic rings. The van der Waals surface area contributed by atoms with Crippen LogP contribution in [0.4, 0.5) is 17.1 Å². The van der Waals surface area contributed by atoms with Crippen molar-refractivity contribution in [1.29, 1.82) is 0 Å². The number of nitro benzene ring substituents is 1. The quantitative estimate of drug-likeness (QED) is 0.379. The average Bonchev–Trinajstić information content (AvgIpc) is 2.56. The summed E-state index contributed by atoms with van der Waals surface area (Å²) >= 11 is 0. The van der Waals surface area contributed by atoms with Crippen molar-refractivity contribution >= 4 is 23.0 Å². The fraction of sp³-hybridized carbons (Fsp3) is 0.0625. The van der Waals surface area contributed by atoms with Crippen molar-refractivity contribution in [2.24, 2.45) is 10.2 Å². The highest BCUT2D eigenvalue weighted by atomic mass is 16.6. The molecular weight excluding hydrogens is 296 g/mol. The maximum atomic E-state index is 11.9. The molecule has 0 atom stereocenters. The van der Waals surface area contributed by atoms with Crippen LogP contribution in [0.3, 0.4) is 0 Å². The van der Waals surface area contributed by atoms with Gasteiger partial charge in [-0.05, 0) is 24.3 Å². The van der Waals surface area contributed by atoms with Crippen molar-refractivity contribution < 1.29 is 9.72 Å². The molecule has 0 heterocycles. The van der Waals surface area contributed by atoms with E-state index in [1.807, 2.05) is 18.2 Å².